The van der Waals surface area contributed by atoms with Crippen molar-refractivity contribution in [2.24, 2.45) is 5.92 Å². The summed E-state index contributed by atoms with van der Waals surface area (Å²) < 4.78 is 0. The Morgan fingerprint density at radius 3 is 2.36 bits per heavy atom. The van der Waals surface area contributed by atoms with Gasteiger partial charge in [0.25, 0.3) is 5.91 Å². The summed E-state index contributed by atoms with van der Waals surface area (Å²) in [4.78, 5) is 23.8. The predicted octanol–water partition coefficient (Wildman–Crippen LogP) is 3.34. The van der Waals surface area contributed by atoms with Crippen LogP contribution in [-0.2, 0) is 4.79 Å². The molecule has 120 valence electrons. The van der Waals surface area contributed by atoms with Crippen molar-refractivity contribution in [1.29, 1.82) is 0 Å². The Hall–Kier alpha value is -1.46. The molecular weight excluding hydrogens is 327 g/mol. The average molecular weight is 345 g/mol. The third-order valence-electron chi connectivity index (χ3n) is 4.01. The van der Waals surface area contributed by atoms with E-state index < -0.39 is 17.9 Å². The highest BCUT2D eigenvalue weighted by Gasteiger charge is 2.31. The summed E-state index contributed by atoms with van der Waals surface area (Å²) in [6, 6.07) is 1.82. The average Bonchev–Trinajstić information content (AvgIpc) is 2.48. The fourth-order valence-electron chi connectivity index (χ4n) is 2.83. The minimum absolute atomic E-state index is 0.0563. The van der Waals surface area contributed by atoms with Gasteiger partial charge in [-0.1, -0.05) is 42.5 Å². The number of hydrogen-bond acceptors (Lipinski definition) is 3. The van der Waals surface area contributed by atoms with Gasteiger partial charge in [-0.3, -0.25) is 4.79 Å². The van der Waals surface area contributed by atoms with E-state index in [-0.39, 0.29) is 27.2 Å². The summed E-state index contributed by atoms with van der Waals surface area (Å²) >= 11 is 11.7. The summed E-state index contributed by atoms with van der Waals surface area (Å²) in [6.45, 7) is 0. The van der Waals surface area contributed by atoms with E-state index in [4.69, 9.17) is 28.9 Å². The van der Waals surface area contributed by atoms with Crippen molar-refractivity contribution < 1.29 is 14.7 Å². The number of carboxylic acids is 1. The van der Waals surface area contributed by atoms with Gasteiger partial charge in [0.05, 0.1) is 15.6 Å². The number of hydrogen-bond donors (Lipinski definition) is 3. The number of carboxylic acid groups (broad SMARTS) is 1. The number of carbonyl (C=O) groups excluding carboxylic acids is 1. The first-order chi connectivity index (χ1) is 10.4. The number of anilines is 1. The quantitative estimate of drug-likeness (QED) is 0.730. The molecule has 22 heavy (non-hydrogen) atoms. The second kappa shape index (κ2) is 7.20. The Balaban J connectivity index is 2.17. The van der Waals surface area contributed by atoms with Gasteiger partial charge in [-0.15, -0.1) is 0 Å². The fourth-order valence-corrected chi connectivity index (χ4v) is 3.16. The van der Waals surface area contributed by atoms with E-state index in [1.54, 1.807) is 0 Å². The number of rotatable bonds is 4. The van der Waals surface area contributed by atoms with Crippen molar-refractivity contribution >= 4 is 40.8 Å². The van der Waals surface area contributed by atoms with Crippen molar-refractivity contribution in [2.75, 3.05) is 5.73 Å². The molecule has 0 aromatic heterocycles. The third-order valence-corrected chi connectivity index (χ3v) is 4.73. The Labute approximate surface area is 138 Å². The van der Waals surface area contributed by atoms with Gasteiger partial charge in [-0.2, -0.15) is 0 Å². The second-order valence-electron chi connectivity index (χ2n) is 5.54. The molecule has 1 saturated carbocycles. The summed E-state index contributed by atoms with van der Waals surface area (Å²) in [5, 5.41) is 12.4. The van der Waals surface area contributed by atoms with Gasteiger partial charge in [-0.05, 0) is 30.9 Å². The molecule has 0 unspecified atom stereocenters. The molecule has 1 aliphatic carbocycles. The van der Waals surface area contributed by atoms with Crippen LogP contribution in [0.25, 0.3) is 0 Å². The first-order valence-electron chi connectivity index (χ1n) is 7.18. The van der Waals surface area contributed by atoms with Gasteiger partial charge in [0.15, 0.2) is 0 Å². The highest BCUT2D eigenvalue weighted by atomic mass is 35.5. The van der Waals surface area contributed by atoms with E-state index in [9.17, 15) is 14.7 Å². The molecular formula is C15H18Cl2N2O3. The topological polar surface area (TPSA) is 92.4 Å². The number of aliphatic carboxylic acids is 1. The molecule has 1 aromatic carbocycles. The minimum Gasteiger partial charge on any atom is -0.480 e. The molecule has 0 radical (unpaired) electrons. The molecule has 7 heteroatoms. The molecule has 0 spiro atoms. The van der Waals surface area contributed by atoms with Crippen LogP contribution in [0.2, 0.25) is 10.0 Å². The first-order valence-corrected chi connectivity index (χ1v) is 7.94. The molecule has 4 N–H and O–H groups in total. The van der Waals surface area contributed by atoms with Crippen LogP contribution in [0.4, 0.5) is 5.69 Å². The third kappa shape index (κ3) is 3.84. The molecule has 1 fully saturated rings. The van der Waals surface area contributed by atoms with E-state index >= 15 is 0 Å². The molecule has 5 nitrogen and oxygen atoms in total. The van der Waals surface area contributed by atoms with Crippen LogP contribution in [0.15, 0.2) is 12.1 Å². The van der Waals surface area contributed by atoms with Gasteiger partial charge in [0, 0.05) is 5.69 Å². The summed E-state index contributed by atoms with van der Waals surface area (Å²) in [7, 11) is 0. The zero-order valence-electron chi connectivity index (χ0n) is 11.9. The van der Waals surface area contributed by atoms with Crippen molar-refractivity contribution in [3.05, 3.63) is 27.7 Å². The van der Waals surface area contributed by atoms with E-state index in [0.29, 0.717) is 0 Å². The smallest absolute Gasteiger partial charge is 0.326 e. The number of nitrogens with two attached hydrogens (primary N) is 1. The molecule has 1 aliphatic rings. The predicted molar refractivity (Wildman–Crippen MR) is 86.3 cm³/mol. The van der Waals surface area contributed by atoms with Crippen LogP contribution in [0, 0.1) is 5.92 Å². The highest BCUT2D eigenvalue weighted by Crippen LogP contribution is 2.29. The molecule has 0 heterocycles. The number of halogens is 2. The molecule has 1 atom stereocenters. The number of nitrogen functional groups attached to an aromatic ring is 1. The lowest BCUT2D eigenvalue weighted by molar-refractivity contribution is -0.141. The number of benzene rings is 1. The number of carbonyl (C=O) groups is 2. The lowest BCUT2D eigenvalue weighted by Gasteiger charge is -2.28. The SMILES string of the molecule is Nc1cc(Cl)c(Cl)cc1C(=O)N[C@H](C(=O)O)C1CCCCC1. The molecule has 1 amide bonds. The molecule has 0 saturated heterocycles. The lowest BCUT2D eigenvalue weighted by atomic mass is 9.84. The van der Waals surface area contributed by atoms with Gasteiger partial charge in [0.1, 0.15) is 6.04 Å². The van der Waals surface area contributed by atoms with Gasteiger partial charge in [0.2, 0.25) is 0 Å². The minimum atomic E-state index is -1.03. The van der Waals surface area contributed by atoms with Crippen molar-refractivity contribution in [1.82, 2.24) is 5.32 Å². The molecule has 0 aliphatic heterocycles. The van der Waals surface area contributed by atoms with Crippen molar-refractivity contribution in [3.8, 4) is 0 Å². The van der Waals surface area contributed by atoms with E-state index in [1.807, 2.05) is 0 Å². The zero-order chi connectivity index (χ0) is 16.3. The van der Waals surface area contributed by atoms with Gasteiger partial charge in [-0.25, -0.2) is 4.79 Å². The Morgan fingerprint density at radius 2 is 1.77 bits per heavy atom. The molecule has 1 aromatic rings. The fraction of sp³-hybridized carbons (Fsp3) is 0.467. The van der Waals surface area contributed by atoms with Crippen molar-refractivity contribution in [3.63, 3.8) is 0 Å². The number of nitrogens with one attached hydrogen (secondary N) is 1. The van der Waals surface area contributed by atoms with E-state index in [0.717, 1.165) is 32.1 Å². The maximum absolute atomic E-state index is 12.3. The first kappa shape index (κ1) is 16.9. The van der Waals surface area contributed by atoms with Gasteiger partial charge >= 0.3 is 5.97 Å². The Morgan fingerprint density at radius 1 is 1.18 bits per heavy atom. The van der Waals surface area contributed by atoms with Crippen LogP contribution in [0.5, 0.6) is 0 Å². The number of amides is 1. The summed E-state index contributed by atoms with van der Waals surface area (Å²) in [5.74, 6) is -1.63. The zero-order valence-corrected chi connectivity index (χ0v) is 13.5. The van der Waals surface area contributed by atoms with Crippen LogP contribution >= 0.6 is 23.2 Å². The van der Waals surface area contributed by atoms with Crippen molar-refractivity contribution in [2.45, 2.75) is 38.1 Å². The summed E-state index contributed by atoms with van der Waals surface area (Å²) in [5.41, 5.74) is 6.07. The van der Waals surface area contributed by atoms with Crippen LogP contribution < -0.4 is 11.1 Å². The van der Waals surface area contributed by atoms with E-state index in [1.165, 1.54) is 12.1 Å². The maximum atomic E-state index is 12.3. The molecule has 0 bridgehead atoms. The normalized spacial score (nSPS) is 17.0. The second-order valence-corrected chi connectivity index (χ2v) is 6.36. The van der Waals surface area contributed by atoms with Crippen LogP contribution in [0.3, 0.4) is 0 Å². The van der Waals surface area contributed by atoms with Crippen LogP contribution in [0.1, 0.15) is 42.5 Å². The maximum Gasteiger partial charge on any atom is 0.326 e. The van der Waals surface area contributed by atoms with Crippen LogP contribution in [-0.4, -0.2) is 23.0 Å². The van der Waals surface area contributed by atoms with Gasteiger partial charge < -0.3 is 16.2 Å². The molecule has 2 rings (SSSR count). The lowest BCUT2D eigenvalue weighted by Crippen LogP contribution is -2.46. The summed E-state index contributed by atoms with van der Waals surface area (Å²) in [6.07, 6.45) is 4.68. The largest absolute Gasteiger partial charge is 0.480 e. The highest BCUT2D eigenvalue weighted by molar-refractivity contribution is 6.42. The van der Waals surface area contributed by atoms with E-state index in [2.05, 4.69) is 5.32 Å². The Kier molecular flexibility index (Phi) is 5.53. The monoisotopic (exact) mass is 344 g/mol. The standard InChI is InChI=1S/C15H18Cl2N2O3/c16-10-6-9(12(18)7-11(10)17)14(20)19-13(15(21)22)8-4-2-1-3-5-8/h6-8,13H,1-5,18H2,(H,19,20)(H,21,22)/t13-/m0/s1. The Bertz CT molecular complexity index is 586.